The normalized spacial score (nSPS) is 9.06. The number of hydrogen-bond donors (Lipinski definition) is 2. The Morgan fingerprint density at radius 1 is 1.47 bits per heavy atom. The van der Waals surface area contributed by atoms with E-state index in [0.29, 0.717) is 11.3 Å². The summed E-state index contributed by atoms with van der Waals surface area (Å²) in [6.45, 7) is -0.0195. The van der Waals surface area contributed by atoms with Gasteiger partial charge in [-0.2, -0.15) is 0 Å². The summed E-state index contributed by atoms with van der Waals surface area (Å²) in [5, 5.41) is 7.26. The molecule has 1 aromatic rings. The van der Waals surface area contributed by atoms with Crippen molar-refractivity contribution in [1.29, 1.82) is 5.41 Å². The average Bonchev–Trinajstić information content (AvgIpc) is 2.26. The Balaban J connectivity index is 0.00000256. The van der Waals surface area contributed by atoms with Gasteiger partial charge in [0, 0.05) is 19.7 Å². The Morgan fingerprint density at radius 3 is 2.65 bits per heavy atom. The van der Waals surface area contributed by atoms with E-state index in [1.54, 1.807) is 38.4 Å². The van der Waals surface area contributed by atoms with E-state index in [1.807, 2.05) is 0 Å². The van der Waals surface area contributed by atoms with Gasteiger partial charge in [0.05, 0.1) is 0 Å². The fourth-order valence-electron chi connectivity index (χ4n) is 1.03. The van der Waals surface area contributed by atoms with Gasteiger partial charge in [-0.05, 0) is 12.1 Å². The highest BCUT2D eigenvalue weighted by Crippen LogP contribution is 2.12. The molecule has 94 valence electrons. The molecule has 1 aromatic carbocycles. The third-order valence-corrected chi connectivity index (χ3v) is 2.01. The smallest absolute Gasteiger partial charge is 0.259 e. The number of halogens is 1. The van der Waals surface area contributed by atoms with E-state index in [-0.39, 0.29) is 30.8 Å². The maximum Gasteiger partial charge on any atom is 0.259 e. The summed E-state index contributed by atoms with van der Waals surface area (Å²) in [6.07, 6.45) is 0. The van der Waals surface area contributed by atoms with E-state index in [0.717, 1.165) is 0 Å². The molecular weight excluding hydrogens is 242 g/mol. The summed E-state index contributed by atoms with van der Waals surface area (Å²) in [7, 11) is 3.33. The quantitative estimate of drug-likeness (QED) is 0.620. The summed E-state index contributed by atoms with van der Waals surface area (Å²) in [5.74, 6) is 0.389. The molecule has 0 atom stereocenters. The zero-order valence-corrected chi connectivity index (χ0v) is 10.6. The maximum absolute atomic E-state index is 11.3. The minimum absolute atomic E-state index is 0. The van der Waals surface area contributed by atoms with Gasteiger partial charge in [-0.15, -0.1) is 12.4 Å². The Bertz CT molecular complexity index is 407. The lowest BCUT2D eigenvalue weighted by atomic mass is 10.2. The average molecular weight is 258 g/mol. The zero-order chi connectivity index (χ0) is 12.1. The molecule has 1 amide bonds. The van der Waals surface area contributed by atoms with Gasteiger partial charge in [-0.3, -0.25) is 10.2 Å². The summed E-state index contributed by atoms with van der Waals surface area (Å²) >= 11 is 0. The Morgan fingerprint density at radius 2 is 2.12 bits per heavy atom. The molecule has 0 radical (unpaired) electrons. The Labute approximate surface area is 106 Å². The van der Waals surface area contributed by atoms with Gasteiger partial charge in [0.25, 0.3) is 5.91 Å². The number of ether oxygens (including phenoxy) is 1. The van der Waals surface area contributed by atoms with Crippen LogP contribution in [0.15, 0.2) is 24.3 Å². The van der Waals surface area contributed by atoms with Crippen LogP contribution in [0.1, 0.15) is 5.56 Å². The van der Waals surface area contributed by atoms with Crippen LogP contribution in [0.2, 0.25) is 0 Å². The van der Waals surface area contributed by atoms with Crippen molar-refractivity contribution in [2.24, 2.45) is 5.73 Å². The number of amides is 1. The van der Waals surface area contributed by atoms with Gasteiger partial charge in [0.2, 0.25) is 0 Å². The molecule has 3 N–H and O–H groups in total. The monoisotopic (exact) mass is 257 g/mol. The lowest BCUT2D eigenvalue weighted by molar-refractivity contribution is -0.130. The van der Waals surface area contributed by atoms with E-state index >= 15 is 0 Å². The molecule has 0 saturated heterocycles. The van der Waals surface area contributed by atoms with Crippen molar-refractivity contribution < 1.29 is 9.53 Å². The van der Waals surface area contributed by atoms with Crippen LogP contribution in [0, 0.1) is 5.41 Å². The molecule has 0 aliphatic rings. The number of nitrogens with one attached hydrogen (secondary N) is 1. The minimum atomic E-state index is -0.117. The first-order valence-corrected chi connectivity index (χ1v) is 4.78. The number of rotatable bonds is 4. The molecule has 0 unspecified atom stereocenters. The highest BCUT2D eigenvalue weighted by atomic mass is 35.5. The number of nitrogens with zero attached hydrogens (tertiary/aromatic N) is 1. The fourth-order valence-corrected chi connectivity index (χ4v) is 1.03. The van der Waals surface area contributed by atoms with Crippen LogP contribution in [-0.4, -0.2) is 37.3 Å². The summed E-state index contributed by atoms with van der Waals surface area (Å²) < 4.78 is 5.28. The van der Waals surface area contributed by atoms with Gasteiger partial charge in [-0.1, -0.05) is 12.1 Å². The minimum Gasteiger partial charge on any atom is -0.484 e. The van der Waals surface area contributed by atoms with Crippen molar-refractivity contribution in [3.05, 3.63) is 29.8 Å². The summed E-state index contributed by atoms with van der Waals surface area (Å²) in [4.78, 5) is 12.7. The van der Waals surface area contributed by atoms with E-state index in [9.17, 15) is 4.79 Å². The molecule has 0 aromatic heterocycles. The number of carbonyl (C=O) groups is 1. The second-order valence-corrected chi connectivity index (χ2v) is 3.52. The molecule has 0 bridgehead atoms. The number of nitrogens with two attached hydrogens (primary N) is 1. The van der Waals surface area contributed by atoms with Gasteiger partial charge in [0.1, 0.15) is 11.6 Å². The first-order chi connectivity index (χ1) is 7.50. The number of likely N-dealkylation sites (N-methyl/N-ethyl adjacent to an activating group) is 1. The topological polar surface area (TPSA) is 79.4 Å². The lowest BCUT2D eigenvalue weighted by Gasteiger charge is -2.11. The van der Waals surface area contributed by atoms with E-state index in [1.165, 1.54) is 4.90 Å². The van der Waals surface area contributed by atoms with E-state index in [2.05, 4.69) is 0 Å². The van der Waals surface area contributed by atoms with E-state index in [4.69, 9.17) is 15.9 Å². The van der Waals surface area contributed by atoms with Crippen LogP contribution in [0.3, 0.4) is 0 Å². The van der Waals surface area contributed by atoms with E-state index < -0.39 is 0 Å². The molecular formula is C11H16ClN3O2. The van der Waals surface area contributed by atoms with Gasteiger partial charge in [-0.25, -0.2) is 0 Å². The Hall–Kier alpha value is -1.75. The highest BCUT2D eigenvalue weighted by molar-refractivity contribution is 5.95. The molecule has 0 aliphatic heterocycles. The number of benzene rings is 1. The first kappa shape index (κ1) is 15.2. The van der Waals surface area contributed by atoms with Crippen LogP contribution >= 0.6 is 12.4 Å². The molecule has 6 heteroatoms. The van der Waals surface area contributed by atoms with Crippen molar-refractivity contribution in [3.8, 4) is 5.75 Å². The van der Waals surface area contributed by atoms with Gasteiger partial charge >= 0.3 is 0 Å². The van der Waals surface area contributed by atoms with Crippen molar-refractivity contribution in [3.63, 3.8) is 0 Å². The molecule has 1 rings (SSSR count). The number of nitrogen functional groups attached to an aromatic ring is 1. The van der Waals surface area contributed by atoms with Gasteiger partial charge in [0.15, 0.2) is 6.61 Å². The molecule has 17 heavy (non-hydrogen) atoms. The van der Waals surface area contributed by atoms with Gasteiger partial charge < -0.3 is 15.4 Å². The molecule has 0 saturated carbocycles. The van der Waals surface area contributed by atoms with Crippen molar-refractivity contribution in [2.75, 3.05) is 20.7 Å². The van der Waals surface area contributed by atoms with Crippen LogP contribution in [0.4, 0.5) is 0 Å². The largest absolute Gasteiger partial charge is 0.484 e. The third kappa shape index (κ3) is 4.74. The second kappa shape index (κ2) is 6.75. The summed E-state index contributed by atoms with van der Waals surface area (Å²) in [5.41, 5.74) is 5.92. The lowest BCUT2D eigenvalue weighted by Crippen LogP contribution is -2.27. The highest BCUT2D eigenvalue weighted by Gasteiger charge is 2.05. The molecule has 5 nitrogen and oxygen atoms in total. The van der Waals surface area contributed by atoms with Crippen LogP contribution < -0.4 is 10.5 Å². The molecule has 0 heterocycles. The van der Waals surface area contributed by atoms with Crippen LogP contribution in [0.5, 0.6) is 5.75 Å². The maximum atomic E-state index is 11.3. The number of amidine groups is 1. The SMILES string of the molecule is CN(C)C(=O)COc1cccc(C(=N)N)c1.Cl. The third-order valence-electron chi connectivity index (χ3n) is 2.01. The predicted molar refractivity (Wildman–Crippen MR) is 68.9 cm³/mol. The second-order valence-electron chi connectivity index (χ2n) is 3.52. The molecule has 0 fully saturated rings. The first-order valence-electron chi connectivity index (χ1n) is 4.78. The standard InChI is InChI=1S/C11H15N3O2.ClH/c1-14(2)10(15)7-16-9-5-3-4-8(6-9)11(12)13;/h3-6H,7H2,1-2H3,(H3,12,13);1H. The molecule has 0 aliphatic carbocycles. The predicted octanol–water partition coefficient (Wildman–Crippen LogP) is 0.859. The summed E-state index contributed by atoms with van der Waals surface area (Å²) in [6, 6.07) is 6.79. The Kier molecular flexibility index (Phi) is 6.06. The van der Waals surface area contributed by atoms with Crippen molar-refractivity contribution >= 4 is 24.1 Å². The van der Waals surface area contributed by atoms with Crippen LogP contribution in [-0.2, 0) is 4.79 Å². The molecule has 0 spiro atoms. The van der Waals surface area contributed by atoms with Crippen molar-refractivity contribution in [1.82, 2.24) is 4.90 Å². The number of carbonyl (C=O) groups excluding carboxylic acids is 1. The zero-order valence-electron chi connectivity index (χ0n) is 9.77. The van der Waals surface area contributed by atoms with Crippen LogP contribution in [0.25, 0.3) is 0 Å². The number of hydrogen-bond acceptors (Lipinski definition) is 3. The fraction of sp³-hybridized carbons (Fsp3) is 0.273. The van der Waals surface area contributed by atoms with Crippen molar-refractivity contribution in [2.45, 2.75) is 0 Å².